The van der Waals surface area contributed by atoms with Gasteiger partial charge in [0.25, 0.3) is 0 Å². The van der Waals surface area contributed by atoms with Crippen molar-refractivity contribution in [2.24, 2.45) is 0 Å². The molecule has 1 rings (SSSR count). The highest BCUT2D eigenvalue weighted by atomic mass is 32.2. The van der Waals surface area contributed by atoms with Crippen molar-refractivity contribution in [3.05, 3.63) is 0 Å². The number of nitrogens with zero attached hydrogens (tertiary/aromatic N) is 1. The number of hydrogen-bond acceptors (Lipinski definition) is 3. The zero-order chi connectivity index (χ0) is 7.40. The van der Waals surface area contributed by atoms with E-state index >= 15 is 0 Å². The number of hydrogen-bond donors (Lipinski definition) is 0. The Morgan fingerprint density at radius 2 is 2.10 bits per heavy atom. The first-order valence-electron chi connectivity index (χ1n) is 3.39. The highest BCUT2D eigenvalue weighted by Crippen LogP contribution is 1.96. The van der Waals surface area contributed by atoms with Crippen molar-refractivity contribution in [3.63, 3.8) is 0 Å². The van der Waals surface area contributed by atoms with Gasteiger partial charge in [-0.3, -0.25) is 9.11 Å². The molecule has 1 unspecified atom stereocenters. The molecule has 0 bridgehead atoms. The minimum absolute atomic E-state index is 0.693. The minimum Gasteiger partial charge on any atom is -0.379 e. The molecule has 0 aromatic rings. The first-order valence-corrected chi connectivity index (χ1v) is 5.12. The Labute approximate surface area is 63.8 Å². The first-order chi connectivity index (χ1) is 4.79. The van der Waals surface area contributed by atoms with E-state index in [1.807, 2.05) is 0 Å². The summed E-state index contributed by atoms with van der Waals surface area (Å²) >= 11 is 0. The molecule has 0 spiro atoms. The average molecular weight is 163 g/mol. The Morgan fingerprint density at radius 1 is 1.50 bits per heavy atom. The quantitative estimate of drug-likeness (QED) is 0.557. The van der Waals surface area contributed by atoms with Crippen LogP contribution in [0.3, 0.4) is 0 Å². The summed E-state index contributed by atoms with van der Waals surface area (Å²) in [5, 5.41) is 0. The van der Waals surface area contributed by atoms with E-state index in [9.17, 15) is 4.21 Å². The van der Waals surface area contributed by atoms with Crippen LogP contribution in [0.1, 0.15) is 0 Å². The van der Waals surface area contributed by atoms with E-state index in [1.165, 1.54) is 0 Å². The van der Waals surface area contributed by atoms with Gasteiger partial charge in [-0.25, -0.2) is 0 Å². The van der Waals surface area contributed by atoms with Crippen LogP contribution in [0.4, 0.5) is 0 Å². The largest absolute Gasteiger partial charge is 0.379 e. The molecule has 1 atom stereocenters. The van der Waals surface area contributed by atoms with Crippen molar-refractivity contribution in [1.82, 2.24) is 4.90 Å². The van der Waals surface area contributed by atoms with Crippen LogP contribution in [0.5, 0.6) is 0 Å². The number of morpholine rings is 1. The van der Waals surface area contributed by atoms with E-state index in [0.717, 1.165) is 26.3 Å². The Morgan fingerprint density at radius 3 is 2.60 bits per heavy atom. The van der Waals surface area contributed by atoms with E-state index < -0.39 is 10.8 Å². The molecule has 0 aromatic carbocycles. The molecule has 10 heavy (non-hydrogen) atoms. The molecular formula is C6H13NO2S. The lowest BCUT2D eigenvalue weighted by Gasteiger charge is -2.25. The van der Waals surface area contributed by atoms with Gasteiger partial charge < -0.3 is 4.74 Å². The summed E-state index contributed by atoms with van der Waals surface area (Å²) in [5.74, 6) is 0.698. The van der Waals surface area contributed by atoms with Crippen LogP contribution in [0.15, 0.2) is 0 Å². The van der Waals surface area contributed by atoms with Gasteiger partial charge in [0, 0.05) is 30.1 Å². The normalized spacial score (nSPS) is 24.5. The van der Waals surface area contributed by atoms with E-state index in [1.54, 1.807) is 6.26 Å². The van der Waals surface area contributed by atoms with Gasteiger partial charge in [0.2, 0.25) is 0 Å². The van der Waals surface area contributed by atoms with Gasteiger partial charge in [0.1, 0.15) is 0 Å². The summed E-state index contributed by atoms with van der Waals surface area (Å²) in [7, 11) is -0.693. The molecule has 0 N–H and O–H groups in total. The summed E-state index contributed by atoms with van der Waals surface area (Å²) in [4.78, 5) is 2.17. The highest BCUT2D eigenvalue weighted by Gasteiger charge is 2.10. The van der Waals surface area contributed by atoms with Gasteiger partial charge in [-0.2, -0.15) is 0 Å². The predicted molar refractivity (Wildman–Crippen MR) is 41.3 cm³/mol. The van der Waals surface area contributed by atoms with Crippen LogP contribution in [-0.4, -0.2) is 47.5 Å². The zero-order valence-corrected chi connectivity index (χ0v) is 7.02. The maximum atomic E-state index is 10.7. The highest BCUT2D eigenvalue weighted by molar-refractivity contribution is 7.84. The fourth-order valence-electron chi connectivity index (χ4n) is 0.987. The molecular weight excluding hydrogens is 150 g/mol. The van der Waals surface area contributed by atoms with E-state index in [0.29, 0.717) is 5.88 Å². The first kappa shape index (κ1) is 8.17. The van der Waals surface area contributed by atoms with Gasteiger partial charge >= 0.3 is 0 Å². The standard InChI is InChI=1S/C6H13NO2S/c1-10(8)6-7-2-4-9-5-3-7/h2-6H2,1H3. The van der Waals surface area contributed by atoms with Crippen molar-refractivity contribution in [1.29, 1.82) is 0 Å². The summed E-state index contributed by atoms with van der Waals surface area (Å²) in [6.07, 6.45) is 1.73. The molecule has 0 saturated carbocycles. The van der Waals surface area contributed by atoms with Crippen molar-refractivity contribution in [3.8, 4) is 0 Å². The van der Waals surface area contributed by atoms with Crippen molar-refractivity contribution < 1.29 is 8.95 Å². The predicted octanol–water partition coefficient (Wildman–Crippen LogP) is -0.345. The monoisotopic (exact) mass is 163 g/mol. The second-order valence-corrected chi connectivity index (χ2v) is 3.84. The average Bonchev–Trinajstić information content (AvgIpc) is 1.88. The number of ether oxygens (including phenoxy) is 1. The third-order valence-corrected chi connectivity index (χ3v) is 2.20. The Bertz CT molecular complexity index is 123. The Hall–Kier alpha value is 0.0700. The molecule has 1 fully saturated rings. The smallest absolute Gasteiger partial charge is 0.0746 e. The molecule has 60 valence electrons. The summed E-state index contributed by atoms with van der Waals surface area (Å²) < 4.78 is 15.9. The summed E-state index contributed by atoms with van der Waals surface area (Å²) in [5.41, 5.74) is 0. The van der Waals surface area contributed by atoms with Crippen LogP contribution < -0.4 is 0 Å². The van der Waals surface area contributed by atoms with Crippen LogP contribution >= 0.6 is 0 Å². The van der Waals surface area contributed by atoms with Crippen molar-refractivity contribution in [2.75, 3.05) is 38.4 Å². The van der Waals surface area contributed by atoms with Crippen LogP contribution in [0, 0.1) is 0 Å². The maximum absolute atomic E-state index is 10.7. The van der Waals surface area contributed by atoms with Crippen LogP contribution in [0.2, 0.25) is 0 Å². The summed E-state index contributed by atoms with van der Waals surface area (Å²) in [6, 6.07) is 0. The van der Waals surface area contributed by atoms with Crippen molar-refractivity contribution >= 4 is 10.8 Å². The van der Waals surface area contributed by atoms with Crippen molar-refractivity contribution in [2.45, 2.75) is 0 Å². The SMILES string of the molecule is CS(=O)CN1CCOCC1. The third-order valence-electron chi connectivity index (χ3n) is 1.47. The molecule has 0 aliphatic carbocycles. The molecule has 0 radical (unpaired) electrons. The lowest BCUT2D eigenvalue weighted by Crippen LogP contribution is -2.37. The molecule has 1 aliphatic heterocycles. The van der Waals surface area contributed by atoms with E-state index in [-0.39, 0.29) is 0 Å². The summed E-state index contributed by atoms with van der Waals surface area (Å²) in [6.45, 7) is 3.44. The van der Waals surface area contributed by atoms with Gasteiger partial charge in [-0.1, -0.05) is 0 Å². The molecule has 1 heterocycles. The molecule has 1 saturated heterocycles. The fourth-order valence-corrected chi connectivity index (χ4v) is 1.76. The Kier molecular flexibility index (Phi) is 3.31. The minimum atomic E-state index is -0.693. The molecule has 4 heteroatoms. The lowest BCUT2D eigenvalue weighted by molar-refractivity contribution is 0.0470. The Balaban J connectivity index is 2.19. The zero-order valence-electron chi connectivity index (χ0n) is 6.21. The van der Waals surface area contributed by atoms with Crippen LogP contribution in [-0.2, 0) is 15.5 Å². The third kappa shape index (κ3) is 2.77. The van der Waals surface area contributed by atoms with Gasteiger partial charge in [0.15, 0.2) is 0 Å². The topological polar surface area (TPSA) is 29.5 Å². The molecule has 0 amide bonds. The van der Waals surface area contributed by atoms with Crippen LogP contribution in [0.25, 0.3) is 0 Å². The molecule has 3 nitrogen and oxygen atoms in total. The second kappa shape index (κ2) is 4.05. The van der Waals surface area contributed by atoms with Gasteiger partial charge in [-0.15, -0.1) is 0 Å². The van der Waals surface area contributed by atoms with E-state index in [4.69, 9.17) is 4.74 Å². The fraction of sp³-hybridized carbons (Fsp3) is 1.00. The lowest BCUT2D eigenvalue weighted by atomic mass is 10.5. The maximum Gasteiger partial charge on any atom is 0.0746 e. The van der Waals surface area contributed by atoms with Gasteiger partial charge in [-0.05, 0) is 0 Å². The van der Waals surface area contributed by atoms with Gasteiger partial charge in [0.05, 0.1) is 19.1 Å². The second-order valence-electron chi connectivity index (χ2n) is 2.43. The number of rotatable bonds is 2. The molecule has 0 aromatic heterocycles. The molecule has 1 aliphatic rings. The van der Waals surface area contributed by atoms with E-state index in [2.05, 4.69) is 4.90 Å².